The highest BCUT2D eigenvalue weighted by Gasteiger charge is 2.15. The molecule has 4 aromatic rings. The minimum absolute atomic E-state index is 0.121. The Morgan fingerprint density at radius 3 is 1.96 bits per heavy atom. The molecule has 0 radical (unpaired) electrons. The maximum Gasteiger partial charge on any atom is 0.256 e. The second kappa shape index (κ2) is 5.70. The van der Waals surface area contributed by atoms with E-state index < -0.39 is 0 Å². The van der Waals surface area contributed by atoms with Crippen LogP contribution in [0.15, 0.2) is 47.4 Å². The van der Waals surface area contributed by atoms with E-state index in [9.17, 15) is 4.79 Å². The van der Waals surface area contributed by atoms with Gasteiger partial charge in [0.1, 0.15) is 5.75 Å². The molecule has 0 saturated carbocycles. The number of fused-ring (bicyclic) bond motifs is 6. The van der Waals surface area contributed by atoms with Gasteiger partial charge in [0.25, 0.3) is 5.56 Å². The normalized spacial score (nSPS) is 11.2. The molecule has 25 heavy (non-hydrogen) atoms. The maximum absolute atomic E-state index is 12.5. The smallest absolute Gasteiger partial charge is 0.256 e. The van der Waals surface area contributed by atoms with Gasteiger partial charge < -0.3 is 19.2 Å². The Morgan fingerprint density at radius 2 is 1.32 bits per heavy atom. The molecule has 4 rings (SSSR count). The van der Waals surface area contributed by atoms with Crippen molar-refractivity contribution >= 4 is 32.3 Å². The first-order valence-electron chi connectivity index (χ1n) is 7.84. The summed E-state index contributed by atoms with van der Waals surface area (Å²) in [6.07, 6.45) is 1.66. The molecule has 0 spiro atoms. The number of aromatic amines is 1. The van der Waals surface area contributed by atoms with Crippen molar-refractivity contribution in [2.45, 2.75) is 0 Å². The number of pyridine rings is 1. The van der Waals surface area contributed by atoms with Crippen molar-refractivity contribution in [3.05, 3.63) is 52.9 Å². The van der Waals surface area contributed by atoms with Gasteiger partial charge in [-0.2, -0.15) is 0 Å². The first kappa shape index (κ1) is 15.3. The summed E-state index contributed by atoms with van der Waals surface area (Å²) < 4.78 is 16.3. The lowest BCUT2D eigenvalue weighted by Gasteiger charge is -2.14. The van der Waals surface area contributed by atoms with Crippen LogP contribution in [0.2, 0.25) is 0 Å². The molecular formula is C20H17NO4. The molecule has 0 atom stereocenters. The molecule has 3 aromatic carbocycles. The number of nitrogens with one attached hydrogen (secondary N) is 1. The van der Waals surface area contributed by atoms with E-state index >= 15 is 0 Å². The standard InChI is InChI=1S/C20H17NO4/c1-23-11-4-5-12-14(8-11)16-10-18(25-3)17(24-2)9-15(16)13-6-7-21-20(22)19(12)13/h4-10H,1-3H3,(H,21,22). The lowest BCUT2D eigenvalue weighted by atomic mass is 9.94. The second-order valence-electron chi connectivity index (χ2n) is 5.76. The highest BCUT2D eigenvalue weighted by atomic mass is 16.5. The number of aromatic nitrogens is 1. The average molecular weight is 335 g/mol. The third-order valence-electron chi connectivity index (χ3n) is 4.56. The van der Waals surface area contributed by atoms with Crippen LogP contribution in [0.4, 0.5) is 0 Å². The number of hydrogen-bond donors (Lipinski definition) is 1. The Bertz CT molecular complexity index is 1160. The first-order chi connectivity index (χ1) is 12.2. The number of H-pyrrole nitrogens is 1. The monoisotopic (exact) mass is 335 g/mol. The van der Waals surface area contributed by atoms with Crippen molar-refractivity contribution in [3.63, 3.8) is 0 Å². The van der Waals surface area contributed by atoms with Crippen molar-refractivity contribution in [1.82, 2.24) is 4.98 Å². The van der Waals surface area contributed by atoms with E-state index in [1.807, 2.05) is 36.4 Å². The minimum Gasteiger partial charge on any atom is -0.497 e. The molecule has 0 amide bonds. The van der Waals surface area contributed by atoms with Crippen molar-refractivity contribution in [2.75, 3.05) is 21.3 Å². The van der Waals surface area contributed by atoms with E-state index in [2.05, 4.69) is 4.98 Å². The van der Waals surface area contributed by atoms with Crippen LogP contribution in [0.3, 0.4) is 0 Å². The van der Waals surface area contributed by atoms with Crippen LogP contribution in [-0.2, 0) is 0 Å². The Balaban J connectivity index is 2.34. The Morgan fingerprint density at radius 1 is 0.720 bits per heavy atom. The first-order valence-corrected chi connectivity index (χ1v) is 7.84. The number of rotatable bonds is 3. The number of methoxy groups -OCH3 is 3. The SMILES string of the molecule is COc1ccc2c(c1)c1cc(OC)c(OC)cc1c1cc[nH]c(=O)c21. The molecule has 0 aliphatic heterocycles. The number of hydrogen-bond acceptors (Lipinski definition) is 4. The summed E-state index contributed by atoms with van der Waals surface area (Å²) in [5.74, 6) is 2.00. The molecule has 1 N–H and O–H groups in total. The van der Waals surface area contributed by atoms with E-state index in [-0.39, 0.29) is 5.56 Å². The van der Waals surface area contributed by atoms with Gasteiger partial charge in [0.15, 0.2) is 11.5 Å². The third-order valence-corrected chi connectivity index (χ3v) is 4.56. The second-order valence-corrected chi connectivity index (χ2v) is 5.76. The molecule has 126 valence electrons. The molecule has 5 heteroatoms. The predicted molar refractivity (Wildman–Crippen MR) is 99.2 cm³/mol. The molecule has 0 bridgehead atoms. The van der Waals surface area contributed by atoms with Crippen LogP contribution in [0, 0.1) is 0 Å². The molecule has 0 fully saturated rings. The molecular weight excluding hydrogens is 318 g/mol. The average Bonchev–Trinajstić information content (AvgIpc) is 2.66. The Kier molecular flexibility index (Phi) is 3.50. The van der Waals surface area contributed by atoms with Gasteiger partial charge in [0.2, 0.25) is 0 Å². The molecule has 0 aliphatic carbocycles. The Hall–Kier alpha value is -3.21. The summed E-state index contributed by atoms with van der Waals surface area (Å²) in [5, 5.41) is 5.23. The lowest BCUT2D eigenvalue weighted by molar-refractivity contribution is 0.356. The van der Waals surface area contributed by atoms with E-state index in [0.29, 0.717) is 16.9 Å². The topological polar surface area (TPSA) is 60.6 Å². The Labute approximate surface area is 143 Å². The van der Waals surface area contributed by atoms with Crippen molar-refractivity contribution in [3.8, 4) is 17.2 Å². The largest absolute Gasteiger partial charge is 0.497 e. The zero-order valence-corrected chi connectivity index (χ0v) is 14.2. The fourth-order valence-corrected chi connectivity index (χ4v) is 3.39. The van der Waals surface area contributed by atoms with E-state index in [4.69, 9.17) is 14.2 Å². The van der Waals surface area contributed by atoms with Crippen molar-refractivity contribution < 1.29 is 14.2 Å². The molecule has 1 aromatic heterocycles. The maximum atomic E-state index is 12.5. The van der Waals surface area contributed by atoms with Gasteiger partial charge in [-0.1, -0.05) is 0 Å². The summed E-state index contributed by atoms with van der Waals surface area (Å²) in [7, 11) is 4.84. The van der Waals surface area contributed by atoms with Crippen LogP contribution >= 0.6 is 0 Å². The van der Waals surface area contributed by atoms with Gasteiger partial charge in [0.05, 0.1) is 26.7 Å². The summed E-state index contributed by atoms with van der Waals surface area (Å²) in [6.45, 7) is 0. The summed E-state index contributed by atoms with van der Waals surface area (Å²) in [5.41, 5.74) is -0.121. The molecule has 0 aliphatic rings. The van der Waals surface area contributed by atoms with E-state index in [0.717, 1.165) is 32.7 Å². The van der Waals surface area contributed by atoms with Crippen molar-refractivity contribution in [1.29, 1.82) is 0 Å². The highest BCUT2D eigenvalue weighted by molar-refractivity contribution is 6.25. The van der Waals surface area contributed by atoms with E-state index in [1.54, 1.807) is 27.5 Å². The van der Waals surface area contributed by atoms with Gasteiger partial charge in [0, 0.05) is 6.20 Å². The summed E-state index contributed by atoms with van der Waals surface area (Å²) in [6, 6.07) is 11.5. The molecule has 1 heterocycles. The third kappa shape index (κ3) is 2.20. The van der Waals surface area contributed by atoms with Crippen molar-refractivity contribution in [2.24, 2.45) is 0 Å². The minimum atomic E-state index is -0.121. The molecule has 0 unspecified atom stereocenters. The lowest BCUT2D eigenvalue weighted by Crippen LogP contribution is -2.05. The summed E-state index contributed by atoms with van der Waals surface area (Å²) in [4.78, 5) is 15.3. The van der Waals surface area contributed by atoms with Gasteiger partial charge in [-0.15, -0.1) is 0 Å². The van der Waals surface area contributed by atoms with Gasteiger partial charge in [-0.25, -0.2) is 0 Å². The van der Waals surface area contributed by atoms with Crippen LogP contribution in [0.5, 0.6) is 17.2 Å². The fraction of sp³-hybridized carbons (Fsp3) is 0.150. The van der Waals surface area contributed by atoms with Crippen LogP contribution < -0.4 is 19.8 Å². The number of ether oxygens (including phenoxy) is 3. The highest BCUT2D eigenvalue weighted by Crippen LogP contribution is 2.40. The molecule has 0 saturated heterocycles. The molecule has 5 nitrogen and oxygen atoms in total. The van der Waals surface area contributed by atoms with Gasteiger partial charge in [-0.05, 0) is 63.3 Å². The van der Waals surface area contributed by atoms with Crippen LogP contribution in [0.1, 0.15) is 0 Å². The zero-order valence-electron chi connectivity index (χ0n) is 14.2. The van der Waals surface area contributed by atoms with E-state index in [1.165, 1.54) is 0 Å². The van der Waals surface area contributed by atoms with Gasteiger partial charge in [-0.3, -0.25) is 4.79 Å². The zero-order chi connectivity index (χ0) is 17.6. The predicted octanol–water partition coefficient (Wildman–Crippen LogP) is 3.86. The van der Waals surface area contributed by atoms with Gasteiger partial charge >= 0.3 is 0 Å². The fourth-order valence-electron chi connectivity index (χ4n) is 3.39. The summed E-state index contributed by atoms with van der Waals surface area (Å²) >= 11 is 0. The van der Waals surface area contributed by atoms with Crippen LogP contribution in [-0.4, -0.2) is 26.3 Å². The quantitative estimate of drug-likeness (QED) is 0.578. The number of benzene rings is 3. The van der Waals surface area contributed by atoms with Crippen LogP contribution in [0.25, 0.3) is 32.3 Å².